The first-order chi connectivity index (χ1) is 5.93. The van der Waals surface area contributed by atoms with Crippen LogP contribution in [0.15, 0.2) is 0 Å². The second-order valence-corrected chi connectivity index (χ2v) is 2.52. The summed E-state index contributed by atoms with van der Waals surface area (Å²) in [5, 5.41) is 18.0. The molecule has 6 nitrogen and oxygen atoms in total. The first kappa shape index (κ1) is 15.4. The van der Waals surface area contributed by atoms with Crippen molar-refractivity contribution in [3.63, 3.8) is 0 Å². The van der Waals surface area contributed by atoms with Gasteiger partial charge in [-0.15, -0.1) is 17.0 Å². The van der Waals surface area contributed by atoms with Crippen molar-refractivity contribution in [2.45, 2.75) is 25.8 Å². The lowest BCUT2D eigenvalue weighted by Crippen LogP contribution is -2.32. The van der Waals surface area contributed by atoms with Gasteiger partial charge in [-0.25, -0.2) is 4.79 Å². The van der Waals surface area contributed by atoms with Gasteiger partial charge >= 0.3 is 5.97 Å². The predicted molar refractivity (Wildman–Crippen MR) is 52.4 cm³/mol. The Labute approximate surface area is 91.1 Å². The highest BCUT2D eigenvalue weighted by atomic mass is 79.9. The molecule has 1 saturated heterocycles. The van der Waals surface area contributed by atoms with E-state index in [1.54, 1.807) is 0 Å². The lowest BCUT2D eigenvalue weighted by atomic mass is 10.2. The minimum Gasteiger partial charge on any atom is -0.481 e. The third kappa shape index (κ3) is 7.53. The lowest BCUT2D eigenvalue weighted by Gasteiger charge is -1.99. The van der Waals surface area contributed by atoms with E-state index in [4.69, 9.17) is 15.0 Å². The third-order valence-corrected chi connectivity index (χ3v) is 1.29. The highest BCUT2D eigenvalue weighted by Gasteiger charge is 2.26. The van der Waals surface area contributed by atoms with Crippen molar-refractivity contribution in [1.82, 2.24) is 5.32 Å². The molecule has 0 aromatic heterocycles. The molecule has 14 heavy (non-hydrogen) atoms. The van der Waals surface area contributed by atoms with E-state index in [1.165, 1.54) is 0 Å². The number of carboxylic acids is 2. The second kappa shape index (κ2) is 7.31. The fourth-order valence-electron chi connectivity index (χ4n) is 0.799. The van der Waals surface area contributed by atoms with E-state index in [0.717, 1.165) is 6.92 Å². The third-order valence-electron chi connectivity index (χ3n) is 1.29. The molecule has 1 aliphatic rings. The van der Waals surface area contributed by atoms with Crippen molar-refractivity contribution >= 4 is 34.8 Å². The molecule has 1 rings (SSSR count). The van der Waals surface area contributed by atoms with Gasteiger partial charge in [0.05, 0.1) is 0 Å². The molecule has 0 unspecified atom stereocenters. The first-order valence-electron chi connectivity index (χ1n) is 3.65. The highest BCUT2D eigenvalue weighted by Crippen LogP contribution is 2.05. The molecule has 0 aromatic rings. The Kier molecular flexibility index (Phi) is 8.02. The van der Waals surface area contributed by atoms with Gasteiger partial charge in [0.25, 0.3) is 5.97 Å². The summed E-state index contributed by atoms with van der Waals surface area (Å²) in [6.07, 6.45) is 0.769. The highest BCUT2D eigenvalue weighted by molar-refractivity contribution is 8.93. The molecular formula is C7H12BrNO5. The molecule has 0 saturated carbocycles. The molecule has 0 spiro atoms. The Morgan fingerprint density at radius 2 is 1.86 bits per heavy atom. The monoisotopic (exact) mass is 269 g/mol. The van der Waals surface area contributed by atoms with Crippen LogP contribution in [0.5, 0.6) is 0 Å². The van der Waals surface area contributed by atoms with E-state index < -0.39 is 18.0 Å². The summed E-state index contributed by atoms with van der Waals surface area (Å²) in [6, 6.07) is -0.641. The van der Waals surface area contributed by atoms with Crippen LogP contribution in [0.2, 0.25) is 0 Å². The molecular weight excluding hydrogens is 258 g/mol. The van der Waals surface area contributed by atoms with Crippen LogP contribution in [0.25, 0.3) is 0 Å². The topological polar surface area (TPSA) is 104 Å². The van der Waals surface area contributed by atoms with Gasteiger partial charge in [0.1, 0.15) is 6.04 Å². The zero-order valence-electron chi connectivity index (χ0n) is 7.52. The van der Waals surface area contributed by atoms with E-state index in [-0.39, 0.29) is 22.9 Å². The zero-order chi connectivity index (χ0) is 10.4. The second-order valence-electron chi connectivity index (χ2n) is 2.52. The normalized spacial score (nSPS) is 18.4. The van der Waals surface area contributed by atoms with Crippen LogP contribution in [0.3, 0.4) is 0 Å². The van der Waals surface area contributed by atoms with Crippen molar-refractivity contribution in [1.29, 1.82) is 0 Å². The lowest BCUT2D eigenvalue weighted by molar-refractivity contribution is -0.140. The number of hydrogen-bond acceptors (Lipinski definition) is 3. The van der Waals surface area contributed by atoms with Crippen molar-refractivity contribution in [2.75, 3.05) is 0 Å². The van der Waals surface area contributed by atoms with Crippen LogP contribution in [-0.4, -0.2) is 34.1 Å². The van der Waals surface area contributed by atoms with Gasteiger partial charge < -0.3 is 15.5 Å². The number of rotatable bonds is 1. The maximum Gasteiger partial charge on any atom is 0.326 e. The van der Waals surface area contributed by atoms with E-state index in [0.29, 0.717) is 12.8 Å². The molecule has 1 aliphatic heterocycles. The molecule has 82 valence electrons. The SMILES string of the molecule is Br.CC(=O)O.O=C1CC[C@@H](C(=O)O)N1. The largest absolute Gasteiger partial charge is 0.481 e. The number of carbonyl (C=O) groups is 3. The standard InChI is InChI=1S/C5H7NO3.C2H4O2.BrH/c7-4-2-1-3(6-4)5(8)9;1-2(3)4;/h3H,1-2H2,(H,6,7)(H,8,9);1H3,(H,3,4);1H/t3-;;/m0../s1. The van der Waals surface area contributed by atoms with Gasteiger partial charge in [-0.1, -0.05) is 0 Å². The molecule has 0 aliphatic carbocycles. The van der Waals surface area contributed by atoms with Crippen molar-refractivity contribution in [3.05, 3.63) is 0 Å². The Morgan fingerprint density at radius 1 is 1.43 bits per heavy atom. The first-order valence-corrected chi connectivity index (χ1v) is 3.65. The van der Waals surface area contributed by atoms with Gasteiger partial charge in [0.15, 0.2) is 0 Å². The summed E-state index contributed by atoms with van der Waals surface area (Å²) in [7, 11) is 0. The van der Waals surface area contributed by atoms with Crippen LogP contribution in [0, 0.1) is 0 Å². The van der Waals surface area contributed by atoms with Gasteiger partial charge in [-0.2, -0.15) is 0 Å². The zero-order valence-corrected chi connectivity index (χ0v) is 9.23. The average Bonchev–Trinajstić information content (AvgIpc) is 2.34. The summed E-state index contributed by atoms with van der Waals surface area (Å²) >= 11 is 0. The summed E-state index contributed by atoms with van der Waals surface area (Å²) < 4.78 is 0. The molecule has 3 N–H and O–H groups in total. The van der Waals surface area contributed by atoms with Crippen molar-refractivity contribution < 1.29 is 24.6 Å². The van der Waals surface area contributed by atoms with E-state index in [9.17, 15) is 9.59 Å². The number of aliphatic carboxylic acids is 2. The van der Waals surface area contributed by atoms with Crippen LogP contribution in [0.4, 0.5) is 0 Å². The Morgan fingerprint density at radius 3 is 2.00 bits per heavy atom. The number of amides is 1. The number of hydrogen-bond donors (Lipinski definition) is 3. The molecule has 1 amide bonds. The molecule has 0 bridgehead atoms. The molecule has 7 heteroatoms. The number of carbonyl (C=O) groups excluding carboxylic acids is 1. The van der Waals surface area contributed by atoms with E-state index >= 15 is 0 Å². The summed E-state index contributed by atoms with van der Waals surface area (Å²) in [5.41, 5.74) is 0. The Balaban J connectivity index is 0. The number of halogens is 1. The van der Waals surface area contributed by atoms with Crippen molar-refractivity contribution in [3.8, 4) is 0 Å². The molecule has 1 fully saturated rings. The molecule has 0 aromatic carbocycles. The maximum absolute atomic E-state index is 10.4. The van der Waals surface area contributed by atoms with E-state index in [1.807, 2.05) is 0 Å². The average molecular weight is 270 g/mol. The summed E-state index contributed by atoms with van der Waals surface area (Å²) in [6.45, 7) is 1.08. The fraction of sp³-hybridized carbons (Fsp3) is 0.571. The smallest absolute Gasteiger partial charge is 0.326 e. The maximum atomic E-state index is 10.4. The number of nitrogens with one attached hydrogen (secondary N) is 1. The minimum atomic E-state index is -0.944. The van der Waals surface area contributed by atoms with Crippen LogP contribution >= 0.6 is 17.0 Å². The van der Waals surface area contributed by atoms with Gasteiger partial charge in [-0.3, -0.25) is 9.59 Å². The predicted octanol–water partition coefficient (Wildman–Crippen LogP) is 0.0184. The van der Waals surface area contributed by atoms with Crippen LogP contribution in [-0.2, 0) is 14.4 Å². The number of carboxylic acid groups (broad SMARTS) is 2. The fourth-order valence-corrected chi connectivity index (χ4v) is 0.799. The summed E-state index contributed by atoms with van der Waals surface area (Å²) in [5.74, 6) is -1.94. The minimum absolute atomic E-state index is 0. The molecule has 1 atom stereocenters. The van der Waals surface area contributed by atoms with Crippen molar-refractivity contribution in [2.24, 2.45) is 0 Å². The molecule has 1 heterocycles. The Hall–Kier alpha value is -1.11. The quantitative estimate of drug-likeness (QED) is 0.623. The summed E-state index contributed by atoms with van der Waals surface area (Å²) in [4.78, 5) is 29.5. The Bertz CT molecular complexity index is 226. The van der Waals surface area contributed by atoms with Gasteiger partial charge in [0.2, 0.25) is 5.91 Å². The van der Waals surface area contributed by atoms with Crippen LogP contribution in [0.1, 0.15) is 19.8 Å². The van der Waals surface area contributed by atoms with E-state index in [2.05, 4.69) is 5.32 Å². The van der Waals surface area contributed by atoms with Crippen LogP contribution < -0.4 is 5.32 Å². The van der Waals surface area contributed by atoms with Gasteiger partial charge in [-0.05, 0) is 6.42 Å². The van der Waals surface area contributed by atoms with Gasteiger partial charge in [0, 0.05) is 13.3 Å². The molecule has 0 radical (unpaired) electrons.